The average Bonchev–Trinajstić information content (AvgIpc) is 2.95. The average molecular weight is 523 g/mol. The molecule has 1 amide bonds. The smallest absolute Gasteiger partial charge is 0.255 e. The molecule has 0 aliphatic heterocycles. The molecule has 0 spiro atoms. The lowest BCUT2D eigenvalue weighted by atomic mass is 9.94. The van der Waals surface area contributed by atoms with Gasteiger partial charge in [0.25, 0.3) is 5.91 Å². The summed E-state index contributed by atoms with van der Waals surface area (Å²) >= 11 is -1.74. The number of phenolic OH excluding ortho intramolecular Hbond substituents is 1. The number of nitrogens with one attached hydrogen (secondary N) is 2. The highest BCUT2D eigenvalue weighted by atomic mass is 32.2. The molecule has 38 heavy (non-hydrogen) atoms. The van der Waals surface area contributed by atoms with Crippen molar-refractivity contribution in [1.29, 1.82) is 0 Å². The molecule has 5 aromatic rings. The van der Waals surface area contributed by atoms with E-state index >= 15 is 0 Å². The van der Waals surface area contributed by atoms with Crippen LogP contribution in [0.2, 0.25) is 0 Å². The maximum atomic E-state index is 13.2. The molecule has 1 atom stereocenters. The molecule has 0 aliphatic rings. The first-order valence-corrected chi connectivity index (χ1v) is 13.0. The lowest BCUT2D eigenvalue weighted by Crippen LogP contribution is -2.14. The highest BCUT2D eigenvalue weighted by Gasteiger charge is 2.16. The van der Waals surface area contributed by atoms with Crippen LogP contribution in [0.3, 0.4) is 0 Å². The SMILES string of the molecule is O=C(Nc1ccc(O)c(N[S+]([O-])c2ccc(F)cc2)c1)c1ccc(-c2ccccc2-c2ccccc2)cc1. The standard InChI is InChI=1S/C31H23FN2O3S/c32-24-14-17-26(18-15-24)38(37)34-29-20-25(16-19-30(29)35)33-31(36)23-12-10-22(11-13-23)28-9-5-4-8-27(28)21-6-2-1-3-7-21/h1-20,34-35H,(H,33,36). The summed E-state index contributed by atoms with van der Waals surface area (Å²) in [4.78, 5) is 13.3. The van der Waals surface area contributed by atoms with E-state index < -0.39 is 17.2 Å². The van der Waals surface area contributed by atoms with Crippen LogP contribution in [0, 0.1) is 5.82 Å². The molecule has 0 aromatic heterocycles. The van der Waals surface area contributed by atoms with E-state index in [9.17, 15) is 18.8 Å². The maximum absolute atomic E-state index is 13.2. The summed E-state index contributed by atoms with van der Waals surface area (Å²) in [5.41, 5.74) is 5.30. The third-order valence-corrected chi connectivity index (χ3v) is 7.06. The molecule has 0 fully saturated rings. The van der Waals surface area contributed by atoms with Crippen molar-refractivity contribution in [3.63, 3.8) is 0 Å². The predicted octanol–water partition coefficient (Wildman–Crippen LogP) is 7.25. The van der Waals surface area contributed by atoms with Crippen molar-refractivity contribution in [2.24, 2.45) is 0 Å². The van der Waals surface area contributed by atoms with E-state index in [4.69, 9.17) is 0 Å². The van der Waals surface area contributed by atoms with Gasteiger partial charge in [0.05, 0.1) is 0 Å². The van der Waals surface area contributed by atoms with Gasteiger partial charge in [-0.2, -0.15) is 4.72 Å². The number of aromatic hydroxyl groups is 1. The molecular formula is C31H23FN2O3S. The quantitative estimate of drug-likeness (QED) is 0.119. The Morgan fingerprint density at radius 2 is 1.34 bits per heavy atom. The van der Waals surface area contributed by atoms with Crippen molar-refractivity contribution < 1.29 is 18.8 Å². The van der Waals surface area contributed by atoms with Crippen molar-refractivity contribution in [2.45, 2.75) is 4.90 Å². The second kappa shape index (κ2) is 11.2. The summed E-state index contributed by atoms with van der Waals surface area (Å²) in [6.45, 7) is 0. The molecule has 0 heterocycles. The third kappa shape index (κ3) is 5.70. The number of carbonyl (C=O) groups excluding carboxylic acids is 1. The van der Waals surface area contributed by atoms with E-state index in [1.807, 2.05) is 42.5 Å². The van der Waals surface area contributed by atoms with Crippen LogP contribution in [0.4, 0.5) is 15.8 Å². The topological polar surface area (TPSA) is 84.4 Å². The Hall–Kier alpha value is -4.59. The molecule has 0 bridgehead atoms. The minimum atomic E-state index is -1.74. The van der Waals surface area contributed by atoms with Crippen molar-refractivity contribution in [3.05, 3.63) is 133 Å². The molecule has 1 unspecified atom stereocenters. The van der Waals surface area contributed by atoms with Crippen LogP contribution >= 0.6 is 0 Å². The fraction of sp³-hybridized carbons (Fsp3) is 0. The van der Waals surface area contributed by atoms with E-state index in [-0.39, 0.29) is 17.3 Å². The van der Waals surface area contributed by atoms with Gasteiger partial charge >= 0.3 is 0 Å². The van der Waals surface area contributed by atoms with Gasteiger partial charge in [-0.1, -0.05) is 66.7 Å². The number of carbonyl (C=O) groups is 1. The first-order chi connectivity index (χ1) is 18.5. The van der Waals surface area contributed by atoms with Crippen LogP contribution < -0.4 is 10.0 Å². The minimum absolute atomic E-state index is 0.139. The molecule has 0 aliphatic carbocycles. The van der Waals surface area contributed by atoms with Crippen molar-refractivity contribution in [3.8, 4) is 28.0 Å². The van der Waals surface area contributed by atoms with Gasteiger partial charge in [0.1, 0.15) is 28.6 Å². The van der Waals surface area contributed by atoms with Gasteiger partial charge in [-0.3, -0.25) is 4.79 Å². The van der Waals surface area contributed by atoms with Crippen LogP contribution in [0.25, 0.3) is 22.3 Å². The zero-order chi connectivity index (χ0) is 26.5. The first kappa shape index (κ1) is 25.1. The monoisotopic (exact) mass is 522 g/mol. The van der Waals surface area contributed by atoms with Crippen molar-refractivity contribution in [2.75, 3.05) is 10.0 Å². The van der Waals surface area contributed by atoms with Crippen LogP contribution in [0.15, 0.2) is 126 Å². The molecular weight excluding hydrogens is 499 g/mol. The lowest BCUT2D eigenvalue weighted by molar-refractivity contribution is 0.102. The van der Waals surface area contributed by atoms with Gasteiger partial charge in [-0.25, -0.2) is 4.39 Å². The minimum Gasteiger partial charge on any atom is -0.588 e. The summed E-state index contributed by atoms with van der Waals surface area (Å²) in [7, 11) is 0. The number of hydrogen-bond acceptors (Lipinski definition) is 4. The van der Waals surface area contributed by atoms with Gasteiger partial charge in [0, 0.05) is 11.3 Å². The fourth-order valence-electron chi connectivity index (χ4n) is 4.02. The molecule has 5 nitrogen and oxygen atoms in total. The summed E-state index contributed by atoms with van der Waals surface area (Å²) < 4.78 is 28.4. The van der Waals surface area contributed by atoms with Crippen LogP contribution in [0.1, 0.15) is 10.4 Å². The Morgan fingerprint density at radius 3 is 2.00 bits per heavy atom. The van der Waals surface area contributed by atoms with E-state index in [2.05, 4.69) is 34.3 Å². The zero-order valence-electron chi connectivity index (χ0n) is 20.1. The van der Waals surface area contributed by atoms with Crippen molar-refractivity contribution >= 4 is 28.6 Å². The normalized spacial score (nSPS) is 11.5. The fourth-order valence-corrected chi connectivity index (χ4v) is 4.89. The Bertz CT molecular complexity index is 1560. The van der Waals surface area contributed by atoms with Crippen LogP contribution in [0.5, 0.6) is 5.75 Å². The number of amides is 1. The van der Waals surface area contributed by atoms with Gasteiger partial charge in [0.15, 0.2) is 4.90 Å². The number of phenols is 1. The molecule has 3 N–H and O–H groups in total. The van der Waals surface area contributed by atoms with Gasteiger partial charge in [-0.15, -0.1) is 0 Å². The van der Waals surface area contributed by atoms with Gasteiger partial charge < -0.3 is 15.0 Å². The largest absolute Gasteiger partial charge is 0.588 e. The van der Waals surface area contributed by atoms with E-state index in [0.29, 0.717) is 16.1 Å². The molecule has 0 saturated heterocycles. The van der Waals surface area contributed by atoms with E-state index in [1.165, 1.54) is 36.4 Å². The molecule has 0 radical (unpaired) electrons. The zero-order valence-corrected chi connectivity index (χ0v) is 20.9. The number of anilines is 2. The summed E-state index contributed by atoms with van der Waals surface area (Å²) in [6.07, 6.45) is 0. The highest BCUT2D eigenvalue weighted by molar-refractivity contribution is 7.92. The number of benzene rings is 5. The van der Waals surface area contributed by atoms with Crippen LogP contribution in [-0.2, 0) is 11.4 Å². The van der Waals surface area contributed by atoms with Crippen molar-refractivity contribution in [1.82, 2.24) is 0 Å². The van der Waals surface area contributed by atoms with Crippen LogP contribution in [-0.4, -0.2) is 15.6 Å². The summed E-state index contributed by atoms with van der Waals surface area (Å²) in [6, 6.07) is 35.2. The van der Waals surface area contributed by atoms with E-state index in [0.717, 1.165) is 22.3 Å². The molecule has 188 valence electrons. The summed E-state index contributed by atoms with van der Waals surface area (Å²) in [5.74, 6) is -0.907. The molecule has 5 aromatic carbocycles. The summed E-state index contributed by atoms with van der Waals surface area (Å²) in [5, 5.41) is 13.0. The molecule has 5 rings (SSSR count). The Morgan fingerprint density at radius 1 is 0.737 bits per heavy atom. The lowest BCUT2D eigenvalue weighted by Gasteiger charge is -2.14. The van der Waals surface area contributed by atoms with Gasteiger partial charge in [0.2, 0.25) is 0 Å². The predicted molar refractivity (Wildman–Crippen MR) is 150 cm³/mol. The highest BCUT2D eigenvalue weighted by Crippen LogP contribution is 2.32. The Balaban J connectivity index is 1.31. The maximum Gasteiger partial charge on any atom is 0.255 e. The number of hydrogen-bond donors (Lipinski definition) is 3. The Kier molecular flexibility index (Phi) is 7.40. The third-order valence-electron chi connectivity index (χ3n) is 5.95. The van der Waals surface area contributed by atoms with Gasteiger partial charge in [-0.05, 0) is 76.9 Å². The first-order valence-electron chi connectivity index (χ1n) is 11.8. The van der Waals surface area contributed by atoms with E-state index in [1.54, 1.807) is 18.2 Å². The second-order valence-corrected chi connectivity index (χ2v) is 9.71. The number of halogens is 1. The Labute approximate surface area is 222 Å². The second-order valence-electron chi connectivity index (χ2n) is 8.50. The number of rotatable bonds is 7. The molecule has 0 saturated carbocycles. The molecule has 7 heteroatoms.